The molecule has 0 saturated heterocycles. The summed E-state index contributed by atoms with van der Waals surface area (Å²) in [6, 6.07) is 7.42. The molecule has 4 nitrogen and oxygen atoms in total. The maximum atomic E-state index is 11.1. The number of amides is 1. The number of aryl methyl sites for hydroxylation is 1. The molecule has 0 unspecified atom stereocenters. The van der Waals surface area contributed by atoms with E-state index in [-0.39, 0.29) is 0 Å². The van der Waals surface area contributed by atoms with E-state index >= 15 is 0 Å². The number of benzene rings is 1. The number of ether oxygens (including phenoxy) is 1. The molecular weight excluding hydrogens is 206 g/mol. The zero-order valence-corrected chi connectivity index (χ0v) is 9.64. The van der Waals surface area contributed by atoms with Crippen molar-refractivity contribution in [2.24, 2.45) is 0 Å². The molecule has 0 aliphatic heterocycles. The highest BCUT2D eigenvalue weighted by Gasteiger charge is 2.13. The van der Waals surface area contributed by atoms with Gasteiger partial charge in [-0.15, -0.1) is 0 Å². The predicted molar refractivity (Wildman–Crippen MR) is 63.0 cm³/mol. The van der Waals surface area contributed by atoms with Crippen molar-refractivity contribution in [3.05, 3.63) is 29.8 Å². The molecule has 0 heterocycles. The summed E-state index contributed by atoms with van der Waals surface area (Å²) in [7, 11) is 0. The Morgan fingerprint density at radius 1 is 1.50 bits per heavy atom. The Balaban J connectivity index is 2.73. The fourth-order valence-electron chi connectivity index (χ4n) is 1.43. The van der Waals surface area contributed by atoms with Crippen molar-refractivity contribution in [3.63, 3.8) is 0 Å². The van der Waals surface area contributed by atoms with E-state index in [2.05, 4.69) is 0 Å². The van der Waals surface area contributed by atoms with Gasteiger partial charge in [0, 0.05) is 12.3 Å². The van der Waals surface area contributed by atoms with Crippen molar-refractivity contribution in [2.45, 2.75) is 13.8 Å². The fraction of sp³-hybridized carbons (Fsp3) is 0.417. The molecule has 88 valence electrons. The van der Waals surface area contributed by atoms with Crippen LogP contribution >= 0.6 is 0 Å². The van der Waals surface area contributed by atoms with Crippen LogP contribution in [-0.4, -0.2) is 31.0 Å². The van der Waals surface area contributed by atoms with Gasteiger partial charge in [-0.2, -0.15) is 0 Å². The van der Waals surface area contributed by atoms with Crippen LogP contribution in [0.2, 0.25) is 0 Å². The Kier molecular flexibility index (Phi) is 4.79. The van der Waals surface area contributed by atoms with E-state index < -0.39 is 6.09 Å². The van der Waals surface area contributed by atoms with Gasteiger partial charge in [0.1, 0.15) is 0 Å². The second-order valence-corrected chi connectivity index (χ2v) is 3.47. The minimum atomic E-state index is -0.953. The standard InChI is InChI=1S/C12H17NO3/c1-3-16-8-7-13(12(14)15)11-6-4-5-10(2)9-11/h4-6,9H,3,7-8H2,1-2H3,(H,14,15). The third kappa shape index (κ3) is 3.55. The van der Waals surface area contributed by atoms with Gasteiger partial charge in [-0.25, -0.2) is 4.79 Å². The van der Waals surface area contributed by atoms with E-state index in [0.29, 0.717) is 25.4 Å². The number of hydrogen-bond donors (Lipinski definition) is 1. The quantitative estimate of drug-likeness (QED) is 0.780. The number of anilines is 1. The molecule has 0 radical (unpaired) electrons. The van der Waals surface area contributed by atoms with Gasteiger partial charge in [0.15, 0.2) is 0 Å². The smallest absolute Gasteiger partial charge is 0.411 e. The van der Waals surface area contributed by atoms with E-state index in [1.807, 2.05) is 32.0 Å². The lowest BCUT2D eigenvalue weighted by atomic mass is 10.2. The number of rotatable bonds is 5. The van der Waals surface area contributed by atoms with Crippen molar-refractivity contribution in [1.29, 1.82) is 0 Å². The lowest BCUT2D eigenvalue weighted by molar-refractivity contribution is 0.150. The van der Waals surface area contributed by atoms with Gasteiger partial charge in [0.25, 0.3) is 0 Å². The summed E-state index contributed by atoms with van der Waals surface area (Å²) in [5, 5.41) is 9.09. The third-order valence-corrected chi connectivity index (χ3v) is 2.21. The van der Waals surface area contributed by atoms with Gasteiger partial charge >= 0.3 is 6.09 Å². The third-order valence-electron chi connectivity index (χ3n) is 2.21. The average molecular weight is 223 g/mol. The predicted octanol–water partition coefficient (Wildman–Crippen LogP) is 2.52. The molecular formula is C12H17NO3. The molecule has 0 saturated carbocycles. The lowest BCUT2D eigenvalue weighted by Gasteiger charge is -2.19. The SMILES string of the molecule is CCOCCN(C(=O)O)c1cccc(C)c1. The van der Waals surface area contributed by atoms with Gasteiger partial charge in [-0.3, -0.25) is 4.90 Å². The van der Waals surface area contributed by atoms with Gasteiger partial charge < -0.3 is 9.84 Å². The van der Waals surface area contributed by atoms with Crippen molar-refractivity contribution in [2.75, 3.05) is 24.7 Å². The highest BCUT2D eigenvalue weighted by atomic mass is 16.5. The molecule has 1 aromatic carbocycles. The van der Waals surface area contributed by atoms with Crippen LogP contribution in [0.1, 0.15) is 12.5 Å². The summed E-state index contributed by atoms with van der Waals surface area (Å²) in [5.41, 5.74) is 1.73. The number of nitrogens with zero attached hydrogens (tertiary/aromatic N) is 1. The molecule has 1 amide bonds. The highest BCUT2D eigenvalue weighted by molar-refractivity contribution is 5.86. The van der Waals surface area contributed by atoms with E-state index in [9.17, 15) is 4.79 Å². The van der Waals surface area contributed by atoms with Crippen molar-refractivity contribution >= 4 is 11.8 Å². The molecule has 0 bridgehead atoms. The van der Waals surface area contributed by atoms with Gasteiger partial charge in [-0.1, -0.05) is 12.1 Å². The normalized spacial score (nSPS) is 10.1. The first kappa shape index (κ1) is 12.5. The molecule has 0 aliphatic carbocycles. The van der Waals surface area contributed by atoms with Crippen LogP contribution < -0.4 is 4.90 Å². The summed E-state index contributed by atoms with van der Waals surface area (Å²) in [4.78, 5) is 12.4. The Morgan fingerprint density at radius 2 is 2.25 bits per heavy atom. The maximum Gasteiger partial charge on any atom is 0.411 e. The summed E-state index contributed by atoms with van der Waals surface area (Å²) in [5.74, 6) is 0. The molecule has 0 spiro atoms. The van der Waals surface area contributed by atoms with Gasteiger partial charge in [0.05, 0.1) is 13.2 Å². The zero-order valence-electron chi connectivity index (χ0n) is 9.64. The van der Waals surface area contributed by atoms with Crippen LogP contribution in [-0.2, 0) is 4.74 Å². The number of hydrogen-bond acceptors (Lipinski definition) is 2. The molecule has 1 aromatic rings. The highest BCUT2D eigenvalue weighted by Crippen LogP contribution is 2.15. The Labute approximate surface area is 95.5 Å². The summed E-state index contributed by atoms with van der Waals surface area (Å²) in [6.07, 6.45) is -0.953. The van der Waals surface area contributed by atoms with E-state index in [1.165, 1.54) is 4.90 Å². The average Bonchev–Trinajstić information content (AvgIpc) is 2.24. The first-order valence-corrected chi connectivity index (χ1v) is 5.30. The molecule has 1 rings (SSSR count). The van der Waals surface area contributed by atoms with E-state index in [0.717, 1.165) is 5.56 Å². The topological polar surface area (TPSA) is 49.8 Å². The van der Waals surface area contributed by atoms with Gasteiger partial charge in [0.2, 0.25) is 0 Å². The van der Waals surface area contributed by atoms with Crippen LogP contribution in [0.5, 0.6) is 0 Å². The van der Waals surface area contributed by atoms with E-state index in [1.54, 1.807) is 6.07 Å². The second kappa shape index (κ2) is 6.12. The minimum Gasteiger partial charge on any atom is -0.465 e. The molecule has 0 aliphatic rings. The minimum absolute atomic E-state index is 0.354. The van der Waals surface area contributed by atoms with Crippen LogP contribution in [0.4, 0.5) is 10.5 Å². The molecule has 4 heteroatoms. The summed E-state index contributed by atoms with van der Waals surface area (Å²) >= 11 is 0. The van der Waals surface area contributed by atoms with Crippen LogP contribution in [0.3, 0.4) is 0 Å². The molecule has 1 N–H and O–H groups in total. The largest absolute Gasteiger partial charge is 0.465 e. The second-order valence-electron chi connectivity index (χ2n) is 3.47. The summed E-state index contributed by atoms with van der Waals surface area (Å²) < 4.78 is 5.16. The molecule has 16 heavy (non-hydrogen) atoms. The van der Waals surface area contributed by atoms with Crippen molar-refractivity contribution in [3.8, 4) is 0 Å². The monoisotopic (exact) mass is 223 g/mol. The molecule has 0 fully saturated rings. The van der Waals surface area contributed by atoms with Crippen LogP contribution in [0.25, 0.3) is 0 Å². The fourth-order valence-corrected chi connectivity index (χ4v) is 1.43. The van der Waals surface area contributed by atoms with Gasteiger partial charge in [-0.05, 0) is 31.5 Å². The van der Waals surface area contributed by atoms with Crippen molar-refractivity contribution in [1.82, 2.24) is 0 Å². The maximum absolute atomic E-state index is 11.1. The molecule has 0 atom stereocenters. The number of carboxylic acid groups (broad SMARTS) is 1. The summed E-state index contributed by atoms with van der Waals surface area (Å²) in [6.45, 7) is 5.19. The number of carbonyl (C=O) groups is 1. The Morgan fingerprint density at radius 3 is 2.81 bits per heavy atom. The first-order chi connectivity index (χ1) is 7.65. The van der Waals surface area contributed by atoms with Crippen LogP contribution in [0, 0.1) is 6.92 Å². The Hall–Kier alpha value is -1.55. The zero-order chi connectivity index (χ0) is 12.0. The first-order valence-electron chi connectivity index (χ1n) is 5.30. The van der Waals surface area contributed by atoms with Crippen LogP contribution in [0.15, 0.2) is 24.3 Å². The molecule has 0 aromatic heterocycles. The Bertz CT molecular complexity index is 352. The lowest BCUT2D eigenvalue weighted by Crippen LogP contribution is -2.32. The van der Waals surface area contributed by atoms with E-state index in [4.69, 9.17) is 9.84 Å². The van der Waals surface area contributed by atoms with Crippen molar-refractivity contribution < 1.29 is 14.6 Å².